The summed E-state index contributed by atoms with van der Waals surface area (Å²) < 4.78 is 0. The third kappa shape index (κ3) is 1.80. The highest BCUT2D eigenvalue weighted by molar-refractivity contribution is 5.73. The molecule has 2 aromatic carbocycles. The topological polar surface area (TPSA) is 0 Å². The van der Waals surface area contributed by atoms with Crippen molar-refractivity contribution in [2.75, 3.05) is 0 Å². The molecule has 0 spiro atoms. The second-order valence-electron chi connectivity index (χ2n) is 4.68. The summed E-state index contributed by atoms with van der Waals surface area (Å²) >= 11 is 0. The Morgan fingerprint density at radius 1 is 0.882 bits per heavy atom. The number of rotatable bonds is 1. The lowest BCUT2D eigenvalue weighted by Crippen LogP contribution is -2.10. The Bertz CT molecular complexity index is 537. The van der Waals surface area contributed by atoms with Gasteiger partial charge in [0, 0.05) is 5.92 Å². The molecule has 2 aromatic rings. The molecule has 84 valence electrons. The zero-order chi connectivity index (χ0) is 11.7. The fourth-order valence-electron chi connectivity index (χ4n) is 2.77. The molecule has 0 heteroatoms. The minimum absolute atomic E-state index is 0.492. The predicted molar refractivity (Wildman–Crippen MR) is 73.0 cm³/mol. The monoisotopic (exact) mass is 220 g/mol. The van der Waals surface area contributed by atoms with Crippen molar-refractivity contribution in [3.63, 3.8) is 0 Å². The van der Waals surface area contributed by atoms with Crippen LogP contribution in [0.3, 0.4) is 0 Å². The molecule has 0 heterocycles. The van der Waals surface area contributed by atoms with Crippen molar-refractivity contribution in [3.05, 3.63) is 77.9 Å². The Morgan fingerprint density at radius 3 is 2.41 bits per heavy atom. The van der Waals surface area contributed by atoms with Crippen LogP contribution in [0.1, 0.15) is 29.0 Å². The van der Waals surface area contributed by atoms with Gasteiger partial charge in [0.1, 0.15) is 0 Å². The van der Waals surface area contributed by atoms with E-state index in [-0.39, 0.29) is 0 Å². The van der Waals surface area contributed by atoms with E-state index in [9.17, 15) is 0 Å². The first-order chi connectivity index (χ1) is 8.36. The average molecular weight is 220 g/mol. The fourth-order valence-corrected chi connectivity index (χ4v) is 2.77. The van der Waals surface area contributed by atoms with Crippen LogP contribution in [0.5, 0.6) is 0 Å². The second kappa shape index (κ2) is 4.21. The lowest BCUT2D eigenvalue weighted by molar-refractivity contribution is 0.725. The van der Waals surface area contributed by atoms with E-state index in [1.807, 2.05) is 0 Å². The first-order valence-corrected chi connectivity index (χ1v) is 6.18. The zero-order valence-corrected chi connectivity index (χ0v) is 9.89. The van der Waals surface area contributed by atoms with Crippen LogP contribution in [0, 0.1) is 0 Å². The number of benzene rings is 2. The molecule has 1 unspecified atom stereocenters. The minimum atomic E-state index is 0.492. The van der Waals surface area contributed by atoms with Crippen molar-refractivity contribution in [1.29, 1.82) is 0 Å². The minimum Gasteiger partial charge on any atom is -0.0946 e. The molecule has 0 radical (unpaired) electrons. The quantitative estimate of drug-likeness (QED) is 0.667. The molecule has 1 aliphatic rings. The maximum atomic E-state index is 4.31. The third-order valence-electron chi connectivity index (χ3n) is 3.69. The number of allylic oxidation sites excluding steroid dienone is 1. The first kappa shape index (κ1) is 10.3. The van der Waals surface area contributed by atoms with Gasteiger partial charge in [-0.05, 0) is 35.1 Å². The molecule has 0 saturated heterocycles. The molecular formula is C17H16. The molecule has 0 bridgehead atoms. The van der Waals surface area contributed by atoms with E-state index in [2.05, 4.69) is 61.2 Å². The average Bonchev–Trinajstić information content (AvgIpc) is 2.40. The molecule has 0 amide bonds. The van der Waals surface area contributed by atoms with E-state index >= 15 is 0 Å². The van der Waals surface area contributed by atoms with Crippen LogP contribution < -0.4 is 0 Å². The Kier molecular flexibility index (Phi) is 2.56. The molecular weight excluding hydrogens is 204 g/mol. The Balaban J connectivity index is 2.00. The third-order valence-corrected chi connectivity index (χ3v) is 3.69. The second-order valence-corrected chi connectivity index (χ2v) is 4.68. The van der Waals surface area contributed by atoms with Crippen LogP contribution in [0.2, 0.25) is 0 Å². The van der Waals surface area contributed by atoms with Gasteiger partial charge in [-0.1, -0.05) is 61.2 Å². The van der Waals surface area contributed by atoms with Crippen LogP contribution in [0.15, 0.2) is 61.2 Å². The Labute approximate surface area is 103 Å². The molecule has 3 rings (SSSR count). The van der Waals surface area contributed by atoms with E-state index < -0.39 is 0 Å². The summed E-state index contributed by atoms with van der Waals surface area (Å²) in [6.07, 6.45) is 2.34. The van der Waals surface area contributed by atoms with Crippen LogP contribution >= 0.6 is 0 Å². The summed E-state index contributed by atoms with van der Waals surface area (Å²) in [5.41, 5.74) is 5.47. The van der Waals surface area contributed by atoms with Gasteiger partial charge in [0.25, 0.3) is 0 Å². The van der Waals surface area contributed by atoms with Crippen molar-refractivity contribution in [1.82, 2.24) is 0 Å². The van der Waals surface area contributed by atoms with Crippen LogP contribution in [0.4, 0.5) is 0 Å². The van der Waals surface area contributed by atoms with Crippen molar-refractivity contribution < 1.29 is 0 Å². The highest BCUT2D eigenvalue weighted by atomic mass is 14.3. The maximum Gasteiger partial charge on any atom is 0.00926 e. The van der Waals surface area contributed by atoms with Crippen molar-refractivity contribution in [2.45, 2.75) is 18.8 Å². The van der Waals surface area contributed by atoms with E-state index in [0.717, 1.165) is 6.42 Å². The number of hydrogen-bond donors (Lipinski definition) is 0. The van der Waals surface area contributed by atoms with Crippen molar-refractivity contribution in [2.24, 2.45) is 0 Å². The SMILES string of the molecule is C=C1c2ccccc2CCC1c1ccccc1. The van der Waals surface area contributed by atoms with Gasteiger partial charge in [-0.3, -0.25) is 0 Å². The van der Waals surface area contributed by atoms with Gasteiger partial charge in [0.05, 0.1) is 0 Å². The van der Waals surface area contributed by atoms with Crippen LogP contribution in [0.25, 0.3) is 5.57 Å². The summed E-state index contributed by atoms with van der Waals surface area (Å²) in [5, 5.41) is 0. The summed E-state index contributed by atoms with van der Waals surface area (Å²) in [4.78, 5) is 0. The lowest BCUT2D eigenvalue weighted by Gasteiger charge is -2.27. The fraction of sp³-hybridized carbons (Fsp3) is 0.176. The van der Waals surface area contributed by atoms with Gasteiger partial charge in [-0.25, -0.2) is 0 Å². The van der Waals surface area contributed by atoms with Gasteiger partial charge in [-0.15, -0.1) is 0 Å². The van der Waals surface area contributed by atoms with Crippen molar-refractivity contribution in [3.8, 4) is 0 Å². The van der Waals surface area contributed by atoms with Gasteiger partial charge >= 0.3 is 0 Å². The summed E-state index contributed by atoms with van der Waals surface area (Å²) in [7, 11) is 0. The first-order valence-electron chi connectivity index (χ1n) is 6.18. The molecule has 0 aromatic heterocycles. The zero-order valence-electron chi connectivity index (χ0n) is 9.89. The summed E-state index contributed by atoms with van der Waals surface area (Å²) in [6.45, 7) is 4.31. The van der Waals surface area contributed by atoms with Crippen molar-refractivity contribution >= 4 is 5.57 Å². The largest absolute Gasteiger partial charge is 0.0946 e. The molecule has 0 nitrogen and oxygen atoms in total. The number of fused-ring (bicyclic) bond motifs is 1. The van der Waals surface area contributed by atoms with Gasteiger partial charge < -0.3 is 0 Å². The molecule has 1 aliphatic carbocycles. The molecule has 0 saturated carbocycles. The lowest BCUT2D eigenvalue weighted by atomic mass is 9.77. The number of hydrogen-bond acceptors (Lipinski definition) is 0. The predicted octanol–water partition coefficient (Wildman–Crippen LogP) is 4.43. The standard InChI is InChI=1S/C17H16/c1-13-16-10-6-5-9-15(16)11-12-17(13)14-7-3-2-4-8-14/h2-10,17H,1,11-12H2. The highest BCUT2D eigenvalue weighted by Gasteiger charge is 2.22. The maximum absolute atomic E-state index is 4.31. The summed E-state index contributed by atoms with van der Waals surface area (Å²) in [6, 6.07) is 19.4. The van der Waals surface area contributed by atoms with Gasteiger partial charge in [0.2, 0.25) is 0 Å². The van der Waals surface area contributed by atoms with E-state index in [0.29, 0.717) is 5.92 Å². The van der Waals surface area contributed by atoms with Gasteiger partial charge in [0.15, 0.2) is 0 Å². The smallest absolute Gasteiger partial charge is 0.00926 e. The normalized spacial score (nSPS) is 18.8. The Hall–Kier alpha value is -1.82. The van der Waals surface area contributed by atoms with Crippen LogP contribution in [-0.4, -0.2) is 0 Å². The van der Waals surface area contributed by atoms with Gasteiger partial charge in [-0.2, -0.15) is 0 Å². The van der Waals surface area contributed by atoms with E-state index in [1.165, 1.54) is 28.7 Å². The molecule has 17 heavy (non-hydrogen) atoms. The molecule has 1 atom stereocenters. The molecule has 0 N–H and O–H groups in total. The molecule has 0 fully saturated rings. The van der Waals surface area contributed by atoms with E-state index in [1.54, 1.807) is 0 Å². The highest BCUT2D eigenvalue weighted by Crippen LogP contribution is 2.40. The summed E-state index contributed by atoms with van der Waals surface area (Å²) in [5.74, 6) is 0.492. The molecule has 0 aliphatic heterocycles. The van der Waals surface area contributed by atoms with Crippen LogP contribution in [-0.2, 0) is 6.42 Å². The van der Waals surface area contributed by atoms with E-state index in [4.69, 9.17) is 0 Å². The number of aryl methyl sites for hydroxylation is 1. The Morgan fingerprint density at radius 2 is 1.59 bits per heavy atom.